The maximum atomic E-state index is 12.9. The third-order valence-electron chi connectivity index (χ3n) is 5.41. The molecule has 1 amide bonds. The Hall–Kier alpha value is -2.93. The molecule has 1 atom stereocenters. The van der Waals surface area contributed by atoms with Crippen LogP contribution in [0.1, 0.15) is 53.5 Å². The Morgan fingerprint density at radius 3 is 2.54 bits per heavy atom. The molecule has 1 aliphatic rings. The lowest BCUT2D eigenvalue weighted by Crippen LogP contribution is -2.39. The summed E-state index contributed by atoms with van der Waals surface area (Å²) in [4.78, 5) is 14.8. The summed E-state index contributed by atoms with van der Waals surface area (Å²) in [7, 11) is 0. The van der Waals surface area contributed by atoms with Crippen molar-refractivity contribution in [2.45, 2.75) is 38.8 Å². The number of hydrogen-bond acceptors (Lipinski definition) is 4. The van der Waals surface area contributed by atoms with E-state index in [1.807, 2.05) is 59.2 Å². The molecule has 3 heterocycles. The van der Waals surface area contributed by atoms with Crippen LogP contribution < -0.4 is 0 Å². The molecule has 1 saturated heterocycles. The van der Waals surface area contributed by atoms with Crippen LogP contribution in [0.3, 0.4) is 0 Å². The number of carbonyl (C=O) groups is 1. The van der Waals surface area contributed by atoms with Gasteiger partial charge in [0.05, 0.1) is 18.3 Å². The van der Waals surface area contributed by atoms with Crippen LogP contribution in [-0.2, 0) is 0 Å². The topological polar surface area (TPSA) is 76.2 Å². The van der Waals surface area contributed by atoms with Crippen LogP contribution in [0.5, 0.6) is 0 Å². The second-order valence-electron chi connectivity index (χ2n) is 7.41. The van der Waals surface area contributed by atoms with Gasteiger partial charge in [-0.1, -0.05) is 5.21 Å². The first-order chi connectivity index (χ1) is 13.5. The number of rotatable bonds is 4. The molecule has 0 spiro atoms. The average Bonchev–Trinajstić information content (AvgIpc) is 3.40. The Morgan fingerprint density at radius 1 is 1.21 bits per heavy atom. The number of aliphatic hydroxyl groups excluding tert-OH is 1. The van der Waals surface area contributed by atoms with E-state index in [4.69, 9.17) is 0 Å². The molecule has 0 saturated carbocycles. The number of amides is 1. The van der Waals surface area contributed by atoms with Crippen molar-refractivity contribution in [1.82, 2.24) is 24.5 Å². The number of aromatic nitrogens is 4. The van der Waals surface area contributed by atoms with Crippen LogP contribution in [0.25, 0.3) is 5.69 Å². The molecule has 0 aliphatic carbocycles. The van der Waals surface area contributed by atoms with E-state index in [0.717, 1.165) is 29.7 Å². The monoisotopic (exact) mass is 379 g/mol. The van der Waals surface area contributed by atoms with E-state index in [0.29, 0.717) is 18.8 Å². The van der Waals surface area contributed by atoms with Gasteiger partial charge in [0.15, 0.2) is 0 Å². The lowest BCUT2D eigenvalue weighted by molar-refractivity contribution is 0.0689. The lowest BCUT2D eigenvalue weighted by atomic mass is 10.0. The Labute approximate surface area is 164 Å². The predicted molar refractivity (Wildman–Crippen MR) is 105 cm³/mol. The van der Waals surface area contributed by atoms with E-state index in [1.165, 1.54) is 0 Å². The number of likely N-dealkylation sites (tertiary alicyclic amines) is 1. The van der Waals surface area contributed by atoms with Crippen LogP contribution in [0.2, 0.25) is 0 Å². The summed E-state index contributed by atoms with van der Waals surface area (Å²) in [6.45, 7) is 5.08. The number of aliphatic hydroxyl groups is 1. The van der Waals surface area contributed by atoms with Gasteiger partial charge in [-0.3, -0.25) is 4.79 Å². The highest BCUT2D eigenvalue weighted by molar-refractivity contribution is 5.94. The molecular weight excluding hydrogens is 354 g/mol. The van der Waals surface area contributed by atoms with Crippen LogP contribution in [0, 0.1) is 6.92 Å². The van der Waals surface area contributed by atoms with Crippen LogP contribution in [0.15, 0.2) is 48.9 Å². The Balaban J connectivity index is 1.42. The summed E-state index contributed by atoms with van der Waals surface area (Å²) in [6.07, 6.45) is 6.84. The molecule has 1 aliphatic heterocycles. The first kappa shape index (κ1) is 18.4. The maximum absolute atomic E-state index is 12.9. The van der Waals surface area contributed by atoms with Gasteiger partial charge >= 0.3 is 0 Å². The normalized spacial score (nSPS) is 16.3. The maximum Gasteiger partial charge on any atom is 0.253 e. The highest BCUT2D eigenvalue weighted by atomic mass is 16.3. The second kappa shape index (κ2) is 7.59. The minimum atomic E-state index is -0.617. The Bertz CT molecular complexity index is 953. The van der Waals surface area contributed by atoms with Gasteiger partial charge in [-0.15, -0.1) is 5.10 Å². The zero-order chi connectivity index (χ0) is 19.7. The van der Waals surface area contributed by atoms with Crippen molar-refractivity contribution in [1.29, 1.82) is 0 Å². The number of piperidine rings is 1. The fourth-order valence-corrected chi connectivity index (χ4v) is 3.75. The van der Waals surface area contributed by atoms with E-state index in [2.05, 4.69) is 14.9 Å². The van der Waals surface area contributed by atoms with Crippen molar-refractivity contribution < 1.29 is 9.90 Å². The molecule has 1 aromatic carbocycles. The highest BCUT2D eigenvalue weighted by Gasteiger charge is 2.26. The highest BCUT2D eigenvalue weighted by Crippen LogP contribution is 2.25. The van der Waals surface area contributed by atoms with Gasteiger partial charge in [-0.2, -0.15) is 0 Å². The quantitative estimate of drug-likeness (QED) is 0.756. The van der Waals surface area contributed by atoms with Gasteiger partial charge in [0, 0.05) is 36.7 Å². The molecule has 7 nitrogen and oxygen atoms in total. The fourth-order valence-electron chi connectivity index (χ4n) is 3.75. The molecule has 146 valence electrons. The van der Waals surface area contributed by atoms with E-state index < -0.39 is 6.10 Å². The van der Waals surface area contributed by atoms with E-state index in [-0.39, 0.29) is 11.9 Å². The smallest absolute Gasteiger partial charge is 0.253 e. The zero-order valence-electron chi connectivity index (χ0n) is 16.2. The van der Waals surface area contributed by atoms with Gasteiger partial charge in [-0.05, 0) is 62.6 Å². The number of hydrogen-bond donors (Lipinski definition) is 1. The molecule has 3 aromatic rings. The third kappa shape index (κ3) is 3.57. The molecule has 2 aromatic heterocycles. The predicted octanol–water partition coefficient (Wildman–Crippen LogP) is 2.91. The molecular formula is C21H25N5O2. The SMILES string of the molecule is Cc1cc(C(=O)N2CCC(n3cc([C@@H](C)O)nn3)CC2)ccc1-n1cccc1. The zero-order valence-corrected chi connectivity index (χ0v) is 16.2. The molecule has 0 bridgehead atoms. The summed E-state index contributed by atoms with van der Waals surface area (Å²) >= 11 is 0. The number of benzene rings is 1. The van der Waals surface area contributed by atoms with Crippen LogP contribution in [-0.4, -0.2) is 48.6 Å². The van der Waals surface area contributed by atoms with Crippen LogP contribution in [0.4, 0.5) is 0 Å². The van der Waals surface area contributed by atoms with Gasteiger partial charge in [0.2, 0.25) is 0 Å². The van der Waals surface area contributed by atoms with E-state index >= 15 is 0 Å². The minimum absolute atomic E-state index is 0.0730. The average molecular weight is 379 g/mol. The fraction of sp³-hybridized carbons (Fsp3) is 0.381. The van der Waals surface area contributed by atoms with Crippen molar-refractivity contribution in [3.8, 4) is 5.69 Å². The van der Waals surface area contributed by atoms with Crippen molar-refractivity contribution >= 4 is 5.91 Å². The molecule has 0 unspecified atom stereocenters. The largest absolute Gasteiger partial charge is 0.387 e. The lowest BCUT2D eigenvalue weighted by Gasteiger charge is -2.32. The van der Waals surface area contributed by atoms with E-state index in [9.17, 15) is 9.90 Å². The van der Waals surface area contributed by atoms with Crippen molar-refractivity contribution in [3.05, 3.63) is 65.7 Å². The molecule has 7 heteroatoms. The second-order valence-corrected chi connectivity index (χ2v) is 7.41. The van der Waals surface area contributed by atoms with Crippen molar-refractivity contribution in [2.24, 2.45) is 0 Å². The summed E-state index contributed by atoms with van der Waals surface area (Å²) in [6, 6.07) is 10.1. The third-order valence-corrected chi connectivity index (χ3v) is 5.41. The number of carbonyl (C=O) groups excluding carboxylic acids is 1. The molecule has 28 heavy (non-hydrogen) atoms. The summed E-state index contributed by atoms with van der Waals surface area (Å²) in [5.74, 6) is 0.0730. The van der Waals surface area contributed by atoms with Gasteiger partial charge in [0.1, 0.15) is 5.69 Å². The van der Waals surface area contributed by atoms with Crippen molar-refractivity contribution in [2.75, 3.05) is 13.1 Å². The van der Waals surface area contributed by atoms with E-state index in [1.54, 1.807) is 13.1 Å². The molecule has 0 radical (unpaired) electrons. The summed E-state index contributed by atoms with van der Waals surface area (Å²) in [5.41, 5.74) is 3.46. The van der Waals surface area contributed by atoms with Crippen molar-refractivity contribution in [3.63, 3.8) is 0 Å². The molecule has 1 N–H and O–H groups in total. The van der Waals surface area contributed by atoms with Crippen LogP contribution >= 0.6 is 0 Å². The standard InChI is InChI=1S/C21H25N5O2/c1-15-13-17(5-6-20(15)24-9-3-4-10-24)21(28)25-11-7-18(8-12-25)26-14-19(16(2)27)22-23-26/h3-6,9-10,13-14,16,18,27H,7-8,11-12H2,1-2H3/t16-/m1/s1. The van der Waals surface area contributed by atoms with Gasteiger partial charge in [0.25, 0.3) is 5.91 Å². The first-order valence-electron chi connectivity index (χ1n) is 9.66. The van der Waals surface area contributed by atoms with Gasteiger partial charge < -0.3 is 14.6 Å². The summed E-state index contributed by atoms with van der Waals surface area (Å²) in [5, 5.41) is 17.8. The Kier molecular flexibility index (Phi) is 5.00. The number of nitrogens with zero attached hydrogens (tertiary/aromatic N) is 5. The van der Waals surface area contributed by atoms with Gasteiger partial charge in [-0.25, -0.2) is 4.68 Å². The Morgan fingerprint density at radius 2 is 1.93 bits per heavy atom. The summed E-state index contributed by atoms with van der Waals surface area (Å²) < 4.78 is 3.87. The number of aryl methyl sites for hydroxylation is 1. The minimum Gasteiger partial charge on any atom is -0.387 e. The molecule has 1 fully saturated rings. The molecule has 4 rings (SSSR count). The first-order valence-corrected chi connectivity index (χ1v) is 9.66.